The molecule has 6 nitrogen and oxygen atoms in total. The average molecular weight is 390 g/mol. The summed E-state index contributed by atoms with van der Waals surface area (Å²) in [7, 11) is 1.62. The maximum absolute atomic E-state index is 13.3. The highest BCUT2D eigenvalue weighted by Gasteiger charge is 2.31. The Hall–Kier alpha value is -2.21. The van der Waals surface area contributed by atoms with Crippen LogP contribution in [-0.4, -0.2) is 29.8 Å². The van der Waals surface area contributed by atoms with E-state index in [1.807, 2.05) is 23.1 Å². The molecule has 0 radical (unpaired) electrons. The van der Waals surface area contributed by atoms with E-state index >= 15 is 0 Å². The van der Waals surface area contributed by atoms with E-state index in [4.69, 9.17) is 21.1 Å². The number of rotatable bonds is 5. The number of anilines is 2. The second-order valence-electron chi connectivity index (χ2n) is 7.10. The van der Waals surface area contributed by atoms with Crippen LogP contribution in [0.25, 0.3) is 0 Å². The quantitative estimate of drug-likeness (QED) is 0.767. The third kappa shape index (κ3) is 3.27. The summed E-state index contributed by atoms with van der Waals surface area (Å²) in [5, 5.41) is 0.337. The molecule has 1 aromatic heterocycles. The zero-order valence-corrected chi connectivity index (χ0v) is 16.4. The maximum Gasteiger partial charge on any atom is 0.294 e. The Morgan fingerprint density at radius 3 is 2.89 bits per heavy atom. The molecule has 27 heavy (non-hydrogen) atoms. The number of hydrogen-bond donors (Lipinski definition) is 0. The van der Waals surface area contributed by atoms with Crippen molar-refractivity contribution in [3.05, 3.63) is 39.9 Å². The van der Waals surface area contributed by atoms with Gasteiger partial charge in [0.2, 0.25) is 5.82 Å². The number of methoxy groups -OCH3 is 1. The minimum Gasteiger partial charge on any atom is -0.497 e. The lowest BCUT2D eigenvalue weighted by Crippen LogP contribution is -2.38. The van der Waals surface area contributed by atoms with Crippen LogP contribution in [0.1, 0.15) is 38.6 Å². The number of hydrogen-bond acceptors (Lipinski definition) is 5. The Balaban J connectivity index is 1.78. The number of benzene rings is 1. The van der Waals surface area contributed by atoms with Crippen molar-refractivity contribution in [3.63, 3.8) is 0 Å². The van der Waals surface area contributed by atoms with Crippen LogP contribution in [0.2, 0.25) is 5.15 Å². The molecule has 1 fully saturated rings. The van der Waals surface area contributed by atoms with Crippen molar-refractivity contribution in [3.8, 4) is 11.5 Å². The monoisotopic (exact) mass is 389 g/mol. The van der Waals surface area contributed by atoms with Gasteiger partial charge in [0.1, 0.15) is 23.3 Å². The molecule has 0 amide bonds. The van der Waals surface area contributed by atoms with Gasteiger partial charge < -0.3 is 18.9 Å². The van der Waals surface area contributed by atoms with Gasteiger partial charge in [-0.3, -0.25) is 4.79 Å². The van der Waals surface area contributed by atoms with Gasteiger partial charge in [0, 0.05) is 18.3 Å². The van der Waals surface area contributed by atoms with Gasteiger partial charge >= 0.3 is 0 Å². The van der Waals surface area contributed by atoms with Gasteiger partial charge in [-0.1, -0.05) is 24.9 Å². The summed E-state index contributed by atoms with van der Waals surface area (Å²) in [6.07, 6.45) is 6.16. The Bertz CT molecular complexity index is 895. The van der Waals surface area contributed by atoms with E-state index in [1.54, 1.807) is 17.9 Å². The van der Waals surface area contributed by atoms with Gasteiger partial charge in [-0.2, -0.15) is 0 Å². The summed E-state index contributed by atoms with van der Waals surface area (Å²) >= 11 is 6.33. The average Bonchev–Trinajstić information content (AvgIpc) is 2.65. The number of fused-ring (bicyclic) bond motifs is 1. The highest BCUT2D eigenvalue weighted by atomic mass is 35.5. The fraction of sp³-hybridized carbons (Fsp3) is 0.500. The molecule has 0 spiro atoms. The second-order valence-corrected chi connectivity index (χ2v) is 7.49. The topological polar surface area (TPSA) is 56.6 Å². The lowest BCUT2D eigenvalue weighted by molar-refractivity contribution is 0.199. The van der Waals surface area contributed by atoms with E-state index in [0.717, 1.165) is 12.1 Å². The molecule has 7 heteroatoms. The van der Waals surface area contributed by atoms with Crippen LogP contribution in [0.5, 0.6) is 11.5 Å². The first kappa shape index (κ1) is 18.2. The van der Waals surface area contributed by atoms with Crippen molar-refractivity contribution in [2.45, 2.75) is 38.6 Å². The van der Waals surface area contributed by atoms with Crippen LogP contribution in [0.3, 0.4) is 0 Å². The first-order chi connectivity index (χ1) is 13.1. The summed E-state index contributed by atoms with van der Waals surface area (Å²) < 4.78 is 12.8. The predicted molar refractivity (Wildman–Crippen MR) is 106 cm³/mol. The van der Waals surface area contributed by atoms with Gasteiger partial charge in [-0.25, -0.2) is 4.98 Å². The van der Waals surface area contributed by atoms with Gasteiger partial charge in [0.05, 0.1) is 19.3 Å². The van der Waals surface area contributed by atoms with E-state index < -0.39 is 0 Å². The highest BCUT2D eigenvalue weighted by Crippen LogP contribution is 2.40. The van der Waals surface area contributed by atoms with Crippen LogP contribution in [-0.2, 0) is 0 Å². The first-order valence-corrected chi connectivity index (χ1v) is 9.87. The molecule has 1 aromatic carbocycles. The summed E-state index contributed by atoms with van der Waals surface area (Å²) in [5.41, 5.74) is 0.707. The van der Waals surface area contributed by atoms with E-state index in [1.165, 1.54) is 19.3 Å². The molecule has 1 aliphatic carbocycles. The van der Waals surface area contributed by atoms with E-state index in [9.17, 15) is 4.79 Å². The zero-order chi connectivity index (χ0) is 19.0. The maximum atomic E-state index is 13.3. The second kappa shape index (κ2) is 7.43. The first-order valence-electron chi connectivity index (χ1n) is 9.49. The molecular formula is C20H24ClN3O3. The molecule has 0 bridgehead atoms. The Morgan fingerprint density at radius 1 is 1.41 bits per heavy atom. The van der Waals surface area contributed by atoms with E-state index in [0.29, 0.717) is 41.5 Å². The summed E-state index contributed by atoms with van der Waals surface area (Å²) in [6.45, 7) is 3.13. The summed E-state index contributed by atoms with van der Waals surface area (Å²) in [4.78, 5) is 19.6. The molecule has 1 aliphatic heterocycles. The van der Waals surface area contributed by atoms with Crippen LogP contribution in [0.15, 0.2) is 29.2 Å². The van der Waals surface area contributed by atoms with Crippen LogP contribution >= 0.6 is 11.6 Å². The molecule has 4 rings (SSSR count). The molecule has 2 aromatic rings. The van der Waals surface area contributed by atoms with Gasteiger partial charge in [-0.05, 0) is 37.3 Å². The minimum absolute atomic E-state index is 0.0955. The van der Waals surface area contributed by atoms with Gasteiger partial charge in [0.25, 0.3) is 5.56 Å². The number of aromatic nitrogens is 2. The molecular weight excluding hydrogens is 366 g/mol. The molecule has 2 aliphatic rings. The fourth-order valence-corrected chi connectivity index (χ4v) is 4.20. The molecule has 1 saturated carbocycles. The summed E-state index contributed by atoms with van der Waals surface area (Å²) in [5.74, 6) is 2.29. The summed E-state index contributed by atoms with van der Waals surface area (Å²) in [6, 6.07) is 5.74. The third-order valence-electron chi connectivity index (χ3n) is 5.64. The Labute approximate surface area is 163 Å². The predicted octanol–water partition coefficient (Wildman–Crippen LogP) is 4.19. The molecule has 1 unspecified atom stereocenters. The minimum atomic E-state index is -0.0955. The van der Waals surface area contributed by atoms with Crippen LogP contribution in [0.4, 0.5) is 11.5 Å². The van der Waals surface area contributed by atoms with E-state index in [-0.39, 0.29) is 11.6 Å². The lowest BCUT2D eigenvalue weighted by atomic mass is 9.78. The van der Waals surface area contributed by atoms with Crippen molar-refractivity contribution < 1.29 is 9.47 Å². The zero-order valence-electron chi connectivity index (χ0n) is 15.7. The smallest absolute Gasteiger partial charge is 0.294 e. The highest BCUT2D eigenvalue weighted by molar-refractivity contribution is 6.29. The van der Waals surface area contributed by atoms with E-state index in [2.05, 4.69) is 11.9 Å². The van der Waals surface area contributed by atoms with Crippen LogP contribution < -0.4 is 19.9 Å². The molecule has 0 N–H and O–H groups in total. The lowest BCUT2D eigenvalue weighted by Gasteiger charge is -2.35. The van der Waals surface area contributed by atoms with Crippen molar-refractivity contribution >= 4 is 23.1 Å². The number of halogens is 1. The van der Waals surface area contributed by atoms with Crippen molar-refractivity contribution in [1.29, 1.82) is 0 Å². The SMILES string of the molecule is CCC(C1CCC1)n1cc(Cl)nc(N2CCOc3cc(OC)ccc32)c1=O. The van der Waals surface area contributed by atoms with Gasteiger partial charge in [0.15, 0.2) is 0 Å². The standard InChI is InChI=1S/C20H24ClN3O3/c1-3-15(13-5-4-6-13)24-12-18(21)22-19(20(24)25)23-9-10-27-17-11-14(26-2)7-8-16(17)23/h7-8,11-13,15H,3-6,9-10H2,1-2H3. The largest absolute Gasteiger partial charge is 0.497 e. The number of ether oxygens (including phenoxy) is 2. The Morgan fingerprint density at radius 2 is 2.22 bits per heavy atom. The Kier molecular flexibility index (Phi) is 5.00. The normalized spacial score (nSPS) is 17.7. The molecule has 0 saturated heterocycles. The van der Waals surface area contributed by atoms with Crippen LogP contribution in [0, 0.1) is 5.92 Å². The van der Waals surface area contributed by atoms with Crippen molar-refractivity contribution in [2.24, 2.45) is 5.92 Å². The molecule has 2 heterocycles. The number of nitrogens with zero attached hydrogens (tertiary/aromatic N) is 3. The third-order valence-corrected chi connectivity index (χ3v) is 5.82. The van der Waals surface area contributed by atoms with Crippen molar-refractivity contribution in [1.82, 2.24) is 9.55 Å². The fourth-order valence-electron chi connectivity index (χ4n) is 4.02. The van der Waals surface area contributed by atoms with Crippen molar-refractivity contribution in [2.75, 3.05) is 25.2 Å². The van der Waals surface area contributed by atoms with Gasteiger partial charge in [-0.15, -0.1) is 0 Å². The molecule has 1 atom stereocenters. The molecule has 144 valence electrons.